The van der Waals surface area contributed by atoms with Crippen molar-refractivity contribution in [2.45, 2.75) is 51.8 Å². The van der Waals surface area contributed by atoms with E-state index in [-0.39, 0.29) is 31.9 Å². The molecular formula is C38H41N5O6. The summed E-state index contributed by atoms with van der Waals surface area (Å²) in [6, 6.07) is 19.8. The van der Waals surface area contributed by atoms with Gasteiger partial charge in [-0.25, -0.2) is 4.79 Å². The van der Waals surface area contributed by atoms with Gasteiger partial charge in [0.15, 0.2) is 0 Å². The van der Waals surface area contributed by atoms with Gasteiger partial charge in [-0.1, -0.05) is 53.8 Å². The number of anilines is 1. The minimum Gasteiger partial charge on any atom is -0.507 e. The molecule has 0 radical (unpaired) electrons. The highest BCUT2D eigenvalue weighted by atomic mass is 16.6. The molecule has 1 fully saturated rings. The van der Waals surface area contributed by atoms with Crippen LogP contribution in [0.4, 0.5) is 10.5 Å². The van der Waals surface area contributed by atoms with Gasteiger partial charge in [-0.15, -0.1) is 0 Å². The molecule has 49 heavy (non-hydrogen) atoms. The van der Waals surface area contributed by atoms with Crippen LogP contribution in [0.2, 0.25) is 0 Å². The summed E-state index contributed by atoms with van der Waals surface area (Å²) in [5, 5.41) is 20.5. The van der Waals surface area contributed by atoms with Crippen LogP contribution in [0.1, 0.15) is 43.0 Å². The fourth-order valence-electron chi connectivity index (χ4n) is 5.40. The molecule has 5 rings (SSSR count). The van der Waals surface area contributed by atoms with Gasteiger partial charge in [-0.3, -0.25) is 14.3 Å². The molecule has 1 saturated heterocycles. The average molecular weight is 664 g/mol. The first-order valence-corrected chi connectivity index (χ1v) is 16.0. The summed E-state index contributed by atoms with van der Waals surface area (Å²) in [5.74, 6) is 5.58. The molecule has 0 aliphatic carbocycles. The van der Waals surface area contributed by atoms with E-state index < -0.39 is 35.6 Å². The molecule has 0 bridgehead atoms. The largest absolute Gasteiger partial charge is 0.507 e. The molecule has 4 aromatic rings. The van der Waals surface area contributed by atoms with E-state index in [9.17, 15) is 19.5 Å². The lowest BCUT2D eigenvalue weighted by Gasteiger charge is -2.37. The van der Waals surface area contributed by atoms with E-state index in [0.717, 1.165) is 11.1 Å². The predicted molar refractivity (Wildman–Crippen MR) is 186 cm³/mol. The Labute approximate surface area is 286 Å². The van der Waals surface area contributed by atoms with E-state index in [0.29, 0.717) is 28.1 Å². The summed E-state index contributed by atoms with van der Waals surface area (Å²) in [6.07, 6.45) is 1.30. The second-order valence-electron chi connectivity index (χ2n) is 12.9. The molecule has 0 saturated carbocycles. The normalized spacial score (nSPS) is 15.0. The second-order valence-corrected chi connectivity index (χ2v) is 12.9. The first kappa shape index (κ1) is 34.7. The number of amides is 3. The van der Waals surface area contributed by atoms with E-state index in [4.69, 9.17) is 9.47 Å². The van der Waals surface area contributed by atoms with E-state index in [1.54, 1.807) is 69.0 Å². The van der Waals surface area contributed by atoms with Gasteiger partial charge in [0.1, 0.15) is 29.1 Å². The second kappa shape index (κ2) is 15.1. The van der Waals surface area contributed by atoms with E-state index in [1.165, 1.54) is 4.90 Å². The van der Waals surface area contributed by atoms with Gasteiger partial charge in [0.2, 0.25) is 11.8 Å². The number of nitrogens with one attached hydrogen (secondary N) is 2. The highest BCUT2D eigenvalue weighted by molar-refractivity contribution is 5.98. The Kier molecular flexibility index (Phi) is 10.7. The maximum atomic E-state index is 13.9. The van der Waals surface area contributed by atoms with Crippen molar-refractivity contribution in [2.75, 3.05) is 25.1 Å². The molecule has 1 aliphatic rings. The summed E-state index contributed by atoms with van der Waals surface area (Å²) in [4.78, 5) is 41.7. The summed E-state index contributed by atoms with van der Waals surface area (Å²) in [6.45, 7) is 7.64. The number of carbonyl (C=O) groups is 3. The van der Waals surface area contributed by atoms with Gasteiger partial charge in [-0.2, -0.15) is 5.10 Å². The average Bonchev–Trinajstić information content (AvgIpc) is 3.44. The number of phenolic OH excluding ortho intramolecular Hbond substituents is 1. The Morgan fingerprint density at radius 2 is 1.80 bits per heavy atom. The van der Waals surface area contributed by atoms with Crippen molar-refractivity contribution < 1.29 is 29.0 Å². The number of aromatic hydroxyl groups is 1. The van der Waals surface area contributed by atoms with Crippen LogP contribution in [0.5, 0.6) is 5.75 Å². The number of nitrogens with zero attached hydrogens (tertiary/aromatic N) is 3. The third-order valence-corrected chi connectivity index (χ3v) is 7.72. The number of aromatic nitrogens is 2. The van der Waals surface area contributed by atoms with Crippen LogP contribution in [-0.4, -0.2) is 75.1 Å². The van der Waals surface area contributed by atoms with Crippen molar-refractivity contribution in [3.05, 3.63) is 101 Å². The van der Waals surface area contributed by atoms with Gasteiger partial charge in [0.05, 0.1) is 18.8 Å². The fraction of sp³-hybridized carbons (Fsp3) is 0.316. The molecule has 11 nitrogen and oxygen atoms in total. The van der Waals surface area contributed by atoms with E-state index in [2.05, 4.69) is 27.6 Å². The Bertz CT molecular complexity index is 1870. The summed E-state index contributed by atoms with van der Waals surface area (Å²) in [5.41, 5.74) is 4.17. The van der Waals surface area contributed by atoms with Crippen LogP contribution in [-0.2, 0) is 32.5 Å². The summed E-state index contributed by atoms with van der Waals surface area (Å²) in [7, 11) is 1.80. The molecule has 254 valence electrons. The Morgan fingerprint density at radius 1 is 1.06 bits per heavy atom. The number of morpholine rings is 1. The topological polar surface area (TPSA) is 135 Å². The quantitative estimate of drug-likeness (QED) is 0.242. The van der Waals surface area contributed by atoms with Crippen LogP contribution < -0.4 is 10.6 Å². The van der Waals surface area contributed by atoms with Gasteiger partial charge in [0.25, 0.3) is 0 Å². The first-order valence-electron chi connectivity index (χ1n) is 16.0. The zero-order valence-electron chi connectivity index (χ0n) is 28.3. The number of benzene rings is 3. The van der Waals surface area contributed by atoms with E-state index >= 15 is 0 Å². The third kappa shape index (κ3) is 9.27. The van der Waals surface area contributed by atoms with Gasteiger partial charge >= 0.3 is 6.09 Å². The number of ether oxygens (including phenoxy) is 2. The predicted octanol–water partition coefficient (Wildman–Crippen LogP) is 4.80. The molecule has 1 aromatic heterocycles. The fourth-order valence-corrected chi connectivity index (χ4v) is 5.40. The van der Waals surface area contributed by atoms with Gasteiger partial charge in [-0.05, 0) is 69.7 Å². The minimum absolute atomic E-state index is 0.00949. The maximum absolute atomic E-state index is 13.9. The SMILES string of the molecule is Cc1ccc(O)c(-c2nn(C)cc2C#Cc2ccc(NC(=O)C3COCCN3C(=O)[C@H](Cc3ccccc3)NC(=O)OC(C)(C)C)cc2)c1. The Balaban J connectivity index is 1.29. The molecule has 2 heterocycles. The minimum atomic E-state index is -0.960. The highest BCUT2D eigenvalue weighted by Crippen LogP contribution is 2.31. The van der Waals surface area contributed by atoms with E-state index in [1.807, 2.05) is 49.4 Å². The molecule has 1 aliphatic heterocycles. The summed E-state index contributed by atoms with van der Waals surface area (Å²) >= 11 is 0. The van der Waals surface area contributed by atoms with Gasteiger partial charge < -0.3 is 30.1 Å². The zero-order valence-corrected chi connectivity index (χ0v) is 28.3. The highest BCUT2D eigenvalue weighted by Gasteiger charge is 2.37. The Hall–Kier alpha value is -5.60. The zero-order chi connectivity index (χ0) is 35.1. The molecule has 3 amide bonds. The van der Waals surface area contributed by atoms with Crippen molar-refractivity contribution in [3.8, 4) is 28.8 Å². The number of aryl methyl sites for hydroxylation is 2. The van der Waals surface area contributed by atoms with Crippen LogP contribution in [0.3, 0.4) is 0 Å². The molecule has 0 spiro atoms. The number of rotatable bonds is 7. The van der Waals surface area contributed by atoms with Crippen LogP contribution in [0, 0.1) is 18.8 Å². The lowest BCUT2D eigenvalue weighted by Crippen LogP contribution is -2.60. The standard InChI is InChI=1S/C38H41N5O6/c1-25-11-18-33(44)30(21-25)34-28(23-42(5)41-34)15-12-26-13-16-29(17-14-26)39-35(45)32-24-48-20-19-43(32)36(46)31(22-27-9-7-6-8-10-27)40-37(47)49-38(2,3)4/h6-11,13-14,16-18,21,23,31-32,44H,19-20,22,24H2,1-5H3,(H,39,45)(H,40,47)/t31-,32?/m0/s1. The monoisotopic (exact) mass is 663 g/mol. The molecule has 3 N–H and O–H groups in total. The van der Waals surface area contributed by atoms with Crippen LogP contribution in [0.15, 0.2) is 79.0 Å². The number of hydrogen-bond acceptors (Lipinski definition) is 7. The number of carbonyl (C=O) groups excluding carboxylic acids is 3. The number of alkyl carbamates (subject to hydrolysis) is 1. The molecule has 2 atom stereocenters. The molecule has 1 unspecified atom stereocenters. The number of hydrogen-bond donors (Lipinski definition) is 3. The van der Waals surface area contributed by atoms with Crippen molar-refractivity contribution in [3.63, 3.8) is 0 Å². The number of phenols is 1. The first-order chi connectivity index (χ1) is 23.4. The van der Waals surface area contributed by atoms with Crippen molar-refractivity contribution in [1.82, 2.24) is 20.0 Å². The van der Waals surface area contributed by atoms with Gasteiger partial charge in [0, 0.05) is 43.0 Å². The van der Waals surface area contributed by atoms with Crippen LogP contribution in [0.25, 0.3) is 11.3 Å². The van der Waals surface area contributed by atoms with Crippen LogP contribution >= 0.6 is 0 Å². The molecule has 3 aromatic carbocycles. The third-order valence-electron chi connectivity index (χ3n) is 7.72. The molecule has 11 heteroatoms. The maximum Gasteiger partial charge on any atom is 0.408 e. The van der Waals surface area contributed by atoms with Crippen molar-refractivity contribution in [1.29, 1.82) is 0 Å². The molecular weight excluding hydrogens is 622 g/mol. The lowest BCUT2D eigenvalue weighted by atomic mass is 10.0. The smallest absolute Gasteiger partial charge is 0.408 e. The lowest BCUT2D eigenvalue weighted by molar-refractivity contribution is -0.148. The Morgan fingerprint density at radius 3 is 2.51 bits per heavy atom. The van der Waals surface area contributed by atoms with Crippen molar-refractivity contribution in [2.24, 2.45) is 7.05 Å². The van der Waals surface area contributed by atoms with Crippen molar-refractivity contribution >= 4 is 23.6 Å². The summed E-state index contributed by atoms with van der Waals surface area (Å²) < 4.78 is 12.7.